The van der Waals surface area contributed by atoms with Crippen molar-refractivity contribution in [3.63, 3.8) is 0 Å². The van der Waals surface area contributed by atoms with Gasteiger partial charge in [-0.2, -0.15) is 0 Å². The van der Waals surface area contributed by atoms with Gasteiger partial charge in [0.1, 0.15) is 0 Å². The molecule has 0 saturated carbocycles. The molecular weight excluding hydrogens is 352 g/mol. The molecule has 1 aromatic carbocycles. The number of methoxy groups -OCH3 is 1. The molecule has 0 atom stereocenters. The summed E-state index contributed by atoms with van der Waals surface area (Å²) >= 11 is 1.40. The van der Waals surface area contributed by atoms with Gasteiger partial charge in [-0.1, -0.05) is 11.8 Å². The molecule has 0 radical (unpaired) electrons. The minimum absolute atomic E-state index is 0.112. The van der Waals surface area contributed by atoms with E-state index in [2.05, 4.69) is 20.2 Å². The lowest BCUT2D eigenvalue weighted by atomic mass is 10.3. The van der Waals surface area contributed by atoms with E-state index in [1.165, 1.54) is 18.7 Å². The van der Waals surface area contributed by atoms with Crippen LogP contribution in [-0.4, -0.2) is 40.8 Å². The van der Waals surface area contributed by atoms with Crippen molar-refractivity contribution in [2.75, 3.05) is 30.1 Å². The Balaban J connectivity index is 1.92. The molecule has 0 bridgehead atoms. The Morgan fingerprint density at radius 1 is 1.15 bits per heavy atom. The van der Waals surface area contributed by atoms with Gasteiger partial charge in [0, 0.05) is 37.6 Å². The lowest BCUT2D eigenvalue weighted by molar-refractivity contribution is -0.114. The van der Waals surface area contributed by atoms with Crippen molar-refractivity contribution in [1.29, 1.82) is 0 Å². The molecule has 2 N–H and O–H groups in total. The summed E-state index contributed by atoms with van der Waals surface area (Å²) in [5, 5.41) is 6.34. The van der Waals surface area contributed by atoms with Crippen LogP contribution in [0.1, 0.15) is 18.3 Å². The molecule has 7 nitrogen and oxygen atoms in total. The van der Waals surface area contributed by atoms with Crippen LogP contribution in [0.5, 0.6) is 0 Å². The minimum atomic E-state index is -0.132. The number of aryl methyl sites for hydroxylation is 1. The van der Waals surface area contributed by atoms with E-state index >= 15 is 0 Å². The molecule has 0 unspecified atom stereocenters. The summed E-state index contributed by atoms with van der Waals surface area (Å²) in [7, 11) is 1.66. The van der Waals surface area contributed by atoms with Crippen molar-refractivity contribution >= 4 is 35.0 Å². The van der Waals surface area contributed by atoms with E-state index in [0.717, 1.165) is 16.5 Å². The Bertz CT molecular complexity index is 771. The third-order valence-corrected chi connectivity index (χ3v) is 4.74. The van der Waals surface area contributed by atoms with E-state index in [1.807, 2.05) is 13.8 Å². The summed E-state index contributed by atoms with van der Waals surface area (Å²) in [6.45, 7) is 6.72. The Labute approximate surface area is 157 Å². The van der Waals surface area contributed by atoms with Crippen molar-refractivity contribution in [2.45, 2.75) is 32.5 Å². The summed E-state index contributed by atoms with van der Waals surface area (Å²) in [6, 6.07) is 6.99. The van der Waals surface area contributed by atoms with Crippen molar-refractivity contribution in [3.05, 3.63) is 35.7 Å². The average molecular weight is 376 g/mol. The second-order valence-corrected chi connectivity index (χ2v) is 6.75. The average Bonchev–Trinajstić information content (AvgIpc) is 2.86. The predicted octanol–water partition coefficient (Wildman–Crippen LogP) is 2.84. The number of benzene rings is 1. The molecular formula is C18H24N4O3S. The topological polar surface area (TPSA) is 85.2 Å². The minimum Gasteiger partial charge on any atom is -0.383 e. The maximum absolute atomic E-state index is 12.2. The number of thioether (sulfide) groups is 1. The van der Waals surface area contributed by atoms with Gasteiger partial charge in [0.15, 0.2) is 5.16 Å². The van der Waals surface area contributed by atoms with Crippen molar-refractivity contribution in [2.24, 2.45) is 0 Å². The Morgan fingerprint density at radius 3 is 2.35 bits per heavy atom. The monoisotopic (exact) mass is 376 g/mol. The molecule has 2 aromatic rings. The summed E-state index contributed by atoms with van der Waals surface area (Å²) in [5.41, 5.74) is 3.41. The van der Waals surface area contributed by atoms with Gasteiger partial charge >= 0.3 is 0 Å². The third kappa shape index (κ3) is 5.60. The lowest BCUT2D eigenvalue weighted by Crippen LogP contribution is -2.15. The molecule has 8 heteroatoms. The molecule has 2 amide bonds. The van der Waals surface area contributed by atoms with Crippen LogP contribution in [0.15, 0.2) is 29.4 Å². The Kier molecular flexibility index (Phi) is 7.23. The molecule has 2 rings (SSSR count). The van der Waals surface area contributed by atoms with E-state index in [0.29, 0.717) is 24.5 Å². The zero-order chi connectivity index (χ0) is 19.1. The van der Waals surface area contributed by atoms with Gasteiger partial charge in [-0.15, -0.1) is 0 Å². The smallest absolute Gasteiger partial charge is 0.234 e. The first-order valence-corrected chi connectivity index (χ1v) is 9.22. The molecule has 0 fully saturated rings. The second kappa shape index (κ2) is 9.40. The van der Waals surface area contributed by atoms with Crippen molar-refractivity contribution in [3.8, 4) is 0 Å². The zero-order valence-corrected chi connectivity index (χ0v) is 16.3. The molecule has 0 aliphatic carbocycles. The highest BCUT2D eigenvalue weighted by Crippen LogP contribution is 2.21. The molecule has 1 aromatic heterocycles. The SMILES string of the molecule is COCCn1c(SCC(=O)Nc2ccc(NC(C)=O)cc2)nc(C)c1C. The Hall–Kier alpha value is -2.32. The fourth-order valence-electron chi connectivity index (χ4n) is 2.35. The second-order valence-electron chi connectivity index (χ2n) is 5.81. The molecule has 0 saturated heterocycles. The van der Waals surface area contributed by atoms with Gasteiger partial charge < -0.3 is 19.9 Å². The van der Waals surface area contributed by atoms with E-state index in [1.54, 1.807) is 31.4 Å². The van der Waals surface area contributed by atoms with Crippen LogP contribution < -0.4 is 10.6 Å². The van der Waals surface area contributed by atoms with E-state index in [4.69, 9.17) is 4.74 Å². The van der Waals surface area contributed by atoms with Crippen LogP contribution in [0.4, 0.5) is 11.4 Å². The molecule has 0 aliphatic rings. The fourth-order valence-corrected chi connectivity index (χ4v) is 3.26. The van der Waals surface area contributed by atoms with Gasteiger partial charge in [0.05, 0.1) is 18.1 Å². The van der Waals surface area contributed by atoms with Crippen molar-refractivity contribution in [1.82, 2.24) is 9.55 Å². The number of amides is 2. The number of carbonyl (C=O) groups is 2. The number of carbonyl (C=O) groups excluding carboxylic acids is 2. The lowest BCUT2D eigenvalue weighted by Gasteiger charge is -2.10. The largest absolute Gasteiger partial charge is 0.383 e. The Morgan fingerprint density at radius 2 is 1.77 bits per heavy atom. The molecule has 26 heavy (non-hydrogen) atoms. The summed E-state index contributed by atoms with van der Waals surface area (Å²) in [6.07, 6.45) is 0. The van der Waals surface area contributed by atoms with E-state index in [-0.39, 0.29) is 17.6 Å². The number of anilines is 2. The van der Waals surface area contributed by atoms with E-state index in [9.17, 15) is 9.59 Å². The van der Waals surface area contributed by atoms with Crippen LogP contribution in [-0.2, 0) is 20.9 Å². The van der Waals surface area contributed by atoms with E-state index < -0.39 is 0 Å². The number of nitrogens with one attached hydrogen (secondary N) is 2. The highest BCUT2D eigenvalue weighted by Gasteiger charge is 2.13. The molecule has 0 aliphatic heterocycles. The third-order valence-electron chi connectivity index (χ3n) is 3.76. The zero-order valence-electron chi connectivity index (χ0n) is 15.5. The fraction of sp³-hybridized carbons (Fsp3) is 0.389. The first-order chi connectivity index (χ1) is 12.4. The predicted molar refractivity (Wildman–Crippen MR) is 104 cm³/mol. The maximum atomic E-state index is 12.2. The number of imidazole rings is 1. The van der Waals surface area contributed by atoms with Gasteiger partial charge in [-0.25, -0.2) is 4.98 Å². The standard InChI is InChI=1S/C18H24N4O3S/c1-12-13(2)22(9-10-25-4)18(19-12)26-11-17(24)21-16-7-5-15(6-8-16)20-14(3)23/h5-8H,9-11H2,1-4H3,(H,20,23)(H,21,24). The number of aromatic nitrogens is 2. The van der Waals surface area contributed by atoms with Crippen LogP contribution >= 0.6 is 11.8 Å². The van der Waals surface area contributed by atoms with Crippen molar-refractivity contribution < 1.29 is 14.3 Å². The summed E-state index contributed by atoms with van der Waals surface area (Å²) in [5.74, 6) is 0.0164. The van der Waals surface area contributed by atoms with Gasteiger partial charge in [0.25, 0.3) is 0 Å². The van der Waals surface area contributed by atoms with Crippen LogP contribution in [0, 0.1) is 13.8 Å². The highest BCUT2D eigenvalue weighted by atomic mass is 32.2. The summed E-state index contributed by atoms with van der Waals surface area (Å²) < 4.78 is 7.21. The van der Waals surface area contributed by atoms with Crippen LogP contribution in [0.25, 0.3) is 0 Å². The normalized spacial score (nSPS) is 10.6. The van der Waals surface area contributed by atoms with Gasteiger partial charge in [0.2, 0.25) is 11.8 Å². The quantitative estimate of drug-likeness (QED) is 0.692. The van der Waals surface area contributed by atoms with Crippen LogP contribution in [0.2, 0.25) is 0 Å². The number of rotatable bonds is 8. The van der Waals surface area contributed by atoms with Gasteiger partial charge in [-0.3, -0.25) is 9.59 Å². The number of hydrogen-bond donors (Lipinski definition) is 2. The van der Waals surface area contributed by atoms with Crippen LogP contribution in [0.3, 0.4) is 0 Å². The van der Waals surface area contributed by atoms with Gasteiger partial charge in [-0.05, 0) is 38.1 Å². The number of nitrogens with zero attached hydrogens (tertiary/aromatic N) is 2. The molecule has 1 heterocycles. The highest BCUT2D eigenvalue weighted by molar-refractivity contribution is 7.99. The number of hydrogen-bond acceptors (Lipinski definition) is 5. The summed E-state index contributed by atoms with van der Waals surface area (Å²) in [4.78, 5) is 27.7. The first-order valence-electron chi connectivity index (χ1n) is 8.23. The maximum Gasteiger partial charge on any atom is 0.234 e. The molecule has 140 valence electrons. The molecule has 0 spiro atoms. The number of ether oxygens (including phenoxy) is 1. The first kappa shape index (κ1) is 20.0.